The van der Waals surface area contributed by atoms with Gasteiger partial charge in [0.2, 0.25) is 0 Å². The zero-order valence-corrected chi connectivity index (χ0v) is 12.3. The molecule has 19 heavy (non-hydrogen) atoms. The summed E-state index contributed by atoms with van der Waals surface area (Å²) in [6.45, 7) is 0. The van der Waals surface area contributed by atoms with E-state index in [-0.39, 0.29) is 0 Å². The van der Waals surface area contributed by atoms with Gasteiger partial charge in [0.25, 0.3) is 0 Å². The third-order valence-corrected chi connectivity index (χ3v) is 5.26. The highest BCUT2D eigenvalue weighted by atomic mass is 35.5. The Balaban J connectivity index is 1.77. The summed E-state index contributed by atoms with van der Waals surface area (Å²) in [5, 5.41) is 10.4. The zero-order chi connectivity index (χ0) is 13.2. The number of hydrogen-bond acceptors (Lipinski definition) is 2. The standard InChI is InChI=1S/C16H17ClOS/c17-16-9-8-15(19-16)14(18)10-12-6-3-5-11-4-1-2-7-13(11)12/h1-2,4,7-9,12,14,18H,3,5-6,10H2. The van der Waals surface area contributed by atoms with Crippen molar-refractivity contribution in [3.8, 4) is 0 Å². The zero-order valence-electron chi connectivity index (χ0n) is 10.7. The normalized spacial score (nSPS) is 20.0. The summed E-state index contributed by atoms with van der Waals surface area (Å²) in [7, 11) is 0. The monoisotopic (exact) mass is 292 g/mol. The maximum absolute atomic E-state index is 10.4. The van der Waals surface area contributed by atoms with E-state index in [1.54, 1.807) is 0 Å². The van der Waals surface area contributed by atoms with Crippen LogP contribution in [0.25, 0.3) is 0 Å². The lowest BCUT2D eigenvalue weighted by molar-refractivity contribution is 0.157. The number of aliphatic hydroxyl groups excluding tert-OH is 1. The molecule has 1 aliphatic rings. The van der Waals surface area contributed by atoms with E-state index in [0.717, 1.165) is 15.6 Å². The Hall–Kier alpha value is -0.830. The molecule has 1 aromatic carbocycles. The first-order valence-corrected chi connectivity index (χ1v) is 7.94. The first-order valence-electron chi connectivity index (χ1n) is 6.75. The second-order valence-corrected chi connectivity index (χ2v) is 6.93. The van der Waals surface area contributed by atoms with Crippen LogP contribution in [-0.4, -0.2) is 5.11 Å². The Morgan fingerprint density at radius 1 is 1.26 bits per heavy atom. The fourth-order valence-corrected chi connectivity index (χ4v) is 4.05. The second-order valence-electron chi connectivity index (χ2n) is 5.18. The number of hydrogen-bond donors (Lipinski definition) is 1. The van der Waals surface area contributed by atoms with E-state index in [9.17, 15) is 5.11 Å². The van der Waals surface area contributed by atoms with Crippen LogP contribution in [0.15, 0.2) is 36.4 Å². The van der Waals surface area contributed by atoms with Gasteiger partial charge in [0, 0.05) is 4.88 Å². The van der Waals surface area contributed by atoms with Crippen molar-refractivity contribution >= 4 is 22.9 Å². The molecule has 0 fully saturated rings. The molecule has 1 heterocycles. The smallest absolute Gasteiger partial charge is 0.0932 e. The molecule has 1 N–H and O–H groups in total. The molecular weight excluding hydrogens is 276 g/mol. The molecule has 100 valence electrons. The number of thiophene rings is 1. The molecule has 3 rings (SSSR count). The number of rotatable bonds is 3. The van der Waals surface area contributed by atoms with Gasteiger partial charge >= 0.3 is 0 Å². The molecule has 0 amide bonds. The molecule has 0 saturated heterocycles. The number of benzene rings is 1. The van der Waals surface area contributed by atoms with Crippen LogP contribution < -0.4 is 0 Å². The van der Waals surface area contributed by atoms with Gasteiger partial charge in [-0.1, -0.05) is 35.9 Å². The predicted octanol–water partition coefficient (Wildman–Crippen LogP) is 4.95. The summed E-state index contributed by atoms with van der Waals surface area (Å²) in [5.74, 6) is 0.473. The van der Waals surface area contributed by atoms with Crippen molar-refractivity contribution in [3.63, 3.8) is 0 Å². The Labute approximate surface area is 122 Å². The number of fused-ring (bicyclic) bond motifs is 1. The molecule has 1 aliphatic carbocycles. The lowest BCUT2D eigenvalue weighted by Gasteiger charge is -2.27. The van der Waals surface area contributed by atoms with Crippen LogP contribution in [0.3, 0.4) is 0 Å². The molecule has 2 aromatic rings. The number of halogens is 1. The third kappa shape index (κ3) is 2.86. The average Bonchev–Trinajstić information content (AvgIpc) is 2.86. The summed E-state index contributed by atoms with van der Waals surface area (Å²) >= 11 is 7.42. The van der Waals surface area contributed by atoms with Gasteiger partial charge in [-0.2, -0.15) is 0 Å². The fourth-order valence-electron chi connectivity index (χ4n) is 2.99. The van der Waals surface area contributed by atoms with E-state index in [1.807, 2.05) is 12.1 Å². The summed E-state index contributed by atoms with van der Waals surface area (Å²) < 4.78 is 0.748. The van der Waals surface area contributed by atoms with Crippen LogP contribution in [0.1, 0.15) is 47.3 Å². The Bertz CT molecular complexity index is 563. The van der Waals surface area contributed by atoms with E-state index in [0.29, 0.717) is 5.92 Å². The first kappa shape index (κ1) is 13.2. The maximum Gasteiger partial charge on any atom is 0.0932 e. The van der Waals surface area contributed by atoms with Crippen molar-refractivity contribution in [2.45, 2.75) is 37.7 Å². The molecule has 0 bridgehead atoms. The lowest BCUT2D eigenvalue weighted by Crippen LogP contribution is -2.12. The molecule has 2 atom stereocenters. The molecule has 1 nitrogen and oxygen atoms in total. The first-order chi connectivity index (χ1) is 9.24. The number of aryl methyl sites for hydroxylation is 1. The van der Waals surface area contributed by atoms with Gasteiger partial charge in [0.05, 0.1) is 10.4 Å². The molecule has 0 saturated carbocycles. The highest BCUT2D eigenvalue weighted by molar-refractivity contribution is 7.16. The molecule has 0 spiro atoms. The van der Waals surface area contributed by atoms with Gasteiger partial charge in [-0.05, 0) is 54.9 Å². The topological polar surface area (TPSA) is 20.2 Å². The van der Waals surface area contributed by atoms with Crippen molar-refractivity contribution in [3.05, 3.63) is 56.7 Å². The van der Waals surface area contributed by atoms with Crippen molar-refractivity contribution in [2.24, 2.45) is 0 Å². The van der Waals surface area contributed by atoms with Crippen molar-refractivity contribution < 1.29 is 5.11 Å². The molecule has 0 aliphatic heterocycles. The third-order valence-electron chi connectivity index (χ3n) is 3.92. The van der Waals surface area contributed by atoms with Crippen LogP contribution in [0.5, 0.6) is 0 Å². The molecule has 0 radical (unpaired) electrons. The Kier molecular flexibility index (Phi) is 3.92. The minimum atomic E-state index is -0.395. The van der Waals surface area contributed by atoms with Gasteiger partial charge in [0.15, 0.2) is 0 Å². The SMILES string of the molecule is OC(CC1CCCc2ccccc21)c1ccc(Cl)s1. The van der Waals surface area contributed by atoms with Crippen LogP contribution in [0, 0.1) is 0 Å². The Morgan fingerprint density at radius 2 is 2.11 bits per heavy atom. The molecule has 1 aromatic heterocycles. The lowest BCUT2D eigenvalue weighted by atomic mass is 9.80. The van der Waals surface area contributed by atoms with Crippen molar-refractivity contribution in [1.82, 2.24) is 0 Å². The summed E-state index contributed by atoms with van der Waals surface area (Å²) in [5.41, 5.74) is 2.88. The van der Waals surface area contributed by atoms with Crippen molar-refractivity contribution in [2.75, 3.05) is 0 Å². The quantitative estimate of drug-likeness (QED) is 0.849. The minimum Gasteiger partial charge on any atom is -0.388 e. The van der Waals surface area contributed by atoms with Gasteiger partial charge in [-0.15, -0.1) is 11.3 Å². The predicted molar refractivity (Wildman–Crippen MR) is 81.0 cm³/mol. The average molecular weight is 293 g/mol. The van der Waals surface area contributed by atoms with Crippen LogP contribution in [0.4, 0.5) is 0 Å². The number of aliphatic hydroxyl groups is 1. The van der Waals surface area contributed by atoms with E-state index >= 15 is 0 Å². The Morgan fingerprint density at radius 3 is 2.89 bits per heavy atom. The molecular formula is C16H17ClOS. The van der Waals surface area contributed by atoms with E-state index in [4.69, 9.17) is 11.6 Å². The van der Waals surface area contributed by atoms with Crippen LogP contribution in [0.2, 0.25) is 4.34 Å². The van der Waals surface area contributed by atoms with Crippen LogP contribution in [-0.2, 0) is 6.42 Å². The van der Waals surface area contributed by atoms with E-state index < -0.39 is 6.10 Å². The van der Waals surface area contributed by atoms with Gasteiger partial charge in [0.1, 0.15) is 0 Å². The van der Waals surface area contributed by atoms with Gasteiger partial charge < -0.3 is 5.11 Å². The van der Waals surface area contributed by atoms with Gasteiger partial charge in [-0.25, -0.2) is 0 Å². The fraction of sp³-hybridized carbons (Fsp3) is 0.375. The minimum absolute atomic E-state index is 0.395. The van der Waals surface area contributed by atoms with Crippen LogP contribution >= 0.6 is 22.9 Å². The molecule has 3 heteroatoms. The van der Waals surface area contributed by atoms with E-state index in [1.165, 1.54) is 41.7 Å². The summed E-state index contributed by atoms with van der Waals surface area (Å²) in [4.78, 5) is 0.980. The summed E-state index contributed by atoms with van der Waals surface area (Å²) in [6, 6.07) is 12.4. The van der Waals surface area contributed by atoms with Gasteiger partial charge in [-0.3, -0.25) is 0 Å². The molecule has 2 unspecified atom stereocenters. The maximum atomic E-state index is 10.4. The van der Waals surface area contributed by atoms with Crippen molar-refractivity contribution in [1.29, 1.82) is 0 Å². The largest absolute Gasteiger partial charge is 0.388 e. The summed E-state index contributed by atoms with van der Waals surface area (Å²) in [6.07, 6.45) is 3.97. The second kappa shape index (κ2) is 5.66. The highest BCUT2D eigenvalue weighted by Gasteiger charge is 2.23. The highest BCUT2D eigenvalue weighted by Crippen LogP contribution is 2.39. The van der Waals surface area contributed by atoms with E-state index in [2.05, 4.69) is 24.3 Å².